The van der Waals surface area contributed by atoms with E-state index in [-0.39, 0.29) is 32.0 Å². The normalized spacial score (nSPS) is 13.8. The van der Waals surface area contributed by atoms with Crippen molar-refractivity contribution in [2.75, 3.05) is 47.5 Å². The summed E-state index contributed by atoms with van der Waals surface area (Å²) in [6, 6.07) is 0. The van der Waals surface area contributed by atoms with E-state index in [9.17, 15) is 19.0 Å². The van der Waals surface area contributed by atoms with Crippen molar-refractivity contribution in [2.45, 2.75) is 258 Å². The second kappa shape index (κ2) is 52.3. The molecule has 0 radical (unpaired) electrons. The maximum absolute atomic E-state index is 12.8. The van der Waals surface area contributed by atoms with Gasteiger partial charge in [0.15, 0.2) is 6.10 Å². The number of carbonyl (C=O) groups excluding carboxylic acids is 2. The Morgan fingerprint density at radius 2 is 0.803 bits per heavy atom. The van der Waals surface area contributed by atoms with Gasteiger partial charge in [0.1, 0.15) is 19.8 Å². The van der Waals surface area contributed by atoms with Crippen LogP contribution >= 0.6 is 7.82 Å². The van der Waals surface area contributed by atoms with Crippen molar-refractivity contribution in [3.63, 3.8) is 0 Å². The number of nitrogens with zero attached hydrogens (tertiary/aromatic N) is 1. The molecule has 2 atom stereocenters. The van der Waals surface area contributed by atoms with Crippen molar-refractivity contribution in [3.05, 3.63) is 72.9 Å². The lowest BCUT2D eigenvalue weighted by molar-refractivity contribution is -0.870. The summed E-state index contributed by atoms with van der Waals surface area (Å²) in [7, 11) is 1.16. The van der Waals surface area contributed by atoms with E-state index in [0.29, 0.717) is 17.4 Å². The zero-order valence-electron chi connectivity index (χ0n) is 46.7. The average molecular weight is 1020 g/mol. The van der Waals surface area contributed by atoms with Crippen molar-refractivity contribution in [1.82, 2.24) is 0 Å². The van der Waals surface area contributed by atoms with Gasteiger partial charge < -0.3 is 27.9 Å². The minimum absolute atomic E-state index is 0.0342. The highest BCUT2D eigenvalue weighted by Gasteiger charge is 2.22. The molecule has 0 rings (SSSR count). The molecule has 0 aliphatic carbocycles. The third-order valence-electron chi connectivity index (χ3n) is 12.5. The number of rotatable bonds is 53. The van der Waals surface area contributed by atoms with E-state index >= 15 is 0 Å². The second-order valence-corrected chi connectivity index (χ2v) is 22.0. The fourth-order valence-electron chi connectivity index (χ4n) is 8.01. The highest BCUT2D eigenvalue weighted by molar-refractivity contribution is 7.45. The van der Waals surface area contributed by atoms with E-state index in [1.165, 1.54) is 135 Å². The van der Waals surface area contributed by atoms with E-state index in [0.717, 1.165) is 83.5 Å². The van der Waals surface area contributed by atoms with E-state index in [4.69, 9.17) is 18.5 Å². The van der Waals surface area contributed by atoms with Crippen molar-refractivity contribution in [1.29, 1.82) is 0 Å². The van der Waals surface area contributed by atoms with Crippen LogP contribution in [0.15, 0.2) is 72.9 Å². The van der Waals surface area contributed by atoms with Crippen LogP contribution in [0.2, 0.25) is 0 Å². The first-order chi connectivity index (χ1) is 34.5. The van der Waals surface area contributed by atoms with Gasteiger partial charge in [-0.25, -0.2) is 0 Å². The van der Waals surface area contributed by atoms with E-state index in [2.05, 4.69) is 86.8 Å². The van der Waals surface area contributed by atoms with Crippen molar-refractivity contribution in [3.8, 4) is 0 Å². The number of hydrogen-bond donors (Lipinski definition) is 0. The van der Waals surface area contributed by atoms with E-state index in [1.807, 2.05) is 21.1 Å². The van der Waals surface area contributed by atoms with Crippen molar-refractivity contribution in [2.24, 2.45) is 0 Å². The Balaban J connectivity index is 4.19. The summed E-state index contributed by atoms with van der Waals surface area (Å²) in [5.41, 5.74) is 0. The lowest BCUT2D eigenvalue weighted by Gasteiger charge is -2.28. The molecule has 0 aromatic heterocycles. The van der Waals surface area contributed by atoms with Crippen LogP contribution < -0.4 is 4.89 Å². The Labute approximate surface area is 438 Å². The Morgan fingerprint density at radius 3 is 1.20 bits per heavy atom. The third-order valence-corrected chi connectivity index (χ3v) is 13.5. The molecule has 9 nitrogen and oxygen atoms in total. The van der Waals surface area contributed by atoms with Crippen LogP contribution in [0.4, 0.5) is 0 Å². The van der Waals surface area contributed by atoms with Crippen molar-refractivity contribution < 1.29 is 42.1 Å². The van der Waals surface area contributed by atoms with Crippen LogP contribution in [0, 0.1) is 0 Å². The number of allylic oxidation sites excluding steroid dienone is 12. The number of hydrogen-bond acceptors (Lipinski definition) is 8. The van der Waals surface area contributed by atoms with Crippen LogP contribution in [-0.2, 0) is 32.7 Å². The molecule has 412 valence electrons. The Hall–Kier alpha value is -2.55. The summed E-state index contributed by atoms with van der Waals surface area (Å²) < 4.78 is 34.2. The molecule has 0 amide bonds. The number of phosphoric ester groups is 1. The number of quaternary nitrogens is 1. The van der Waals surface area contributed by atoms with Crippen LogP contribution in [0.1, 0.15) is 251 Å². The van der Waals surface area contributed by atoms with Crippen LogP contribution in [0.3, 0.4) is 0 Å². The number of ether oxygens (including phenoxy) is 2. The first kappa shape index (κ1) is 68.5. The first-order valence-corrected chi connectivity index (χ1v) is 30.6. The second-order valence-electron chi connectivity index (χ2n) is 20.6. The Morgan fingerprint density at radius 1 is 0.451 bits per heavy atom. The van der Waals surface area contributed by atoms with Crippen LogP contribution in [0.5, 0.6) is 0 Å². The zero-order chi connectivity index (χ0) is 52.0. The fraction of sp³-hybridized carbons (Fsp3) is 0.770. The first-order valence-electron chi connectivity index (χ1n) is 29.1. The number of unbranched alkanes of at least 4 members (excludes halogenated alkanes) is 27. The standard InChI is InChI=1S/C61H110NO8P/c1-6-8-10-12-14-16-18-20-22-24-26-28-29-30-31-32-33-34-36-38-40-42-44-46-48-50-52-54-61(64)70-59(58-69-71(65,66)68-56-55-62(3,4)5)57-67-60(63)53-51-49-47-45-43-41-39-37-35-27-25-23-21-19-17-15-13-11-9-7-2/h8,10,14,16,20,22,26,28,30-31,33-34,59H,6-7,9,11-13,15,17-19,21,23-25,27,29,32,35-58H2,1-5H3/b10-8-,16-14-,22-20-,28-26-,31-30-,34-33-. The fourth-order valence-corrected chi connectivity index (χ4v) is 8.74. The summed E-state index contributed by atoms with van der Waals surface area (Å²) in [6.07, 6.45) is 68.0. The largest absolute Gasteiger partial charge is 0.756 e. The highest BCUT2D eigenvalue weighted by Crippen LogP contribution is 2.38. The van der Waals surface area contributed by atoms with Gasteiger partial charge in [0.2, 0.25) is 0 Å². The van der Waals surface area contributed by atoms with E-state index < -0.39 is 26.5 Å². The van der Waals surface area contributed by atoms with Gasteiger partial charge in [-0.05, 0) is 64.2 Å². The monoisotopic (exact) mass is 1020 g/mol. The molecule has 0 aromatic carbocycles. The molecule has 0 aliphatic rings. The molecule has 10 heteroatoms. The molecule has 0 aromatic rings. The molecule has 0 N–H and O–H groups in total. The Bertz CT molecular complexity index is 1430. The van der Waals surface area contributed by atoms with Gasteiger partial charge in [-0.15, -0.1) is 0 Å². The number of phosphoric acid groups is 1. The number of likely N-dealkylation sites (N-methyl/N-ethyl adjacent to an activating group) is 1. The summed E-state index contributed by atoms with van der Waals surface area (Å²) in [6.45, 7) is 4.14. The molecular formula is C61H110NO8P. The van der Waals surface area contributed by atoms with E-state index in [1.54, 1.807) is 0 Å². The zero-order valence-corrected chi connectivity index (χ0v) is 47.6. The SMILES string of the molecule is CC/C=C\C/C=C\C/C=C\C/C=C\C/C=C\C/C=C\CCCCCCCCCCC(=O)OC(COC(=O)CCCCCCCCCCCCCCCCCCCCCC)COP(=O)([O-])OCC[N+](C)(C)C. The van der Waals surface area contributed by atoms with Crippen molar-refractivity contribution >= 4 is 19.8 Å². The highest BCUT2D eigenvalue weighted by atomic mass is 31.2. The summed E-state index contributed by atoms with van der Waals surface area (Å²) in [5, 5.41) is 0. The van der Waals surface area contributed by atoms with Gasteiger partial charge >= 0.3 is 11.9 Å². The molecule has 0 spiro atoms. The van der Waals surface area contributed by atoms with Gasteiger partial charge in [0.25, 0.3) is 7.82 Å². The minimum atomic E-state index is -4.64. The van der Waals surface area contributed by atoms with Gasteiger partial charge in [-0.3, -0.25) is 14.2 Å². The molecule has 71 heavy (non-hydrogen) atoms. The molecular weight excluding hydrogens is 906 g/mol. The molecule has 0 fully saturated rings. The van der Waals surface area contributed by atoms with Crippen LogP contribution in [-0.4, -0.2) is 70.0 Å². The number of esters is 2. The lowest BCUT2D eigenvalue weighted by atomic mass is 10.0. The minimum Gasteiger partial charge on any atom is -0.756 e. The Kier molecular flexibility index (Phi) is 50.4. The summed E-state index contributed by atoms with van der Waals surface area (Å²) in [5.74, 6) is -0.837. The molecule has 2 unspecified atom stereocenters. The van der Waals surface area contributed by atoms with Crippen LogP contribution in [0.25, 0.3) is 0 Å². The van der Waals surface area contributed by atoms with Gasteiger partial charge in [0.05, 0.1) is 27.7 Å². The molecule has 0 saturated heterocycles. The molecule has 0 saturated carbocycles. The summed E-state index contributed by atoms with van der Waals surface area (Å²) >= 11 is 0. The molecule has 0 heterocycles. The van der Waals surface area contributed by atoms with Gasteiger partial charge in [-0.1, -0.05) is 247 Å². The third kappa shape index (κ3) is 56.6. The quantitative estimate of drug-likeness (QED) is 0.0195. The summed E-state index contributed by atoms with van der Waals surface area (Å²) in [4.78, 5) is 37.9. The predicted molar refractivity (Wildman–Crippen MR) is 300 cm³/mol. The molecule has 0 bridgehead atoms. The maximum atomic E-state index is 12.8. The lowest BCUT2D eigenvalue weighted by Crippen LogP contribution is -2.37. The smallest absolute Gasteiger partial charge is 0.306 e. The maximum Gasteiger partial charge on any atom is 0.306 e. The predicted octanol–water partition coefficient (Wildman–Crippen LogP) is 17.5. The molecule has 0 aliphatic heterocycles. The number of carbonyl (C=O) groups is 2. The average Bonchev–Trinajstić information content (AvgIpc) is 3.33. The topological polar surface area (TPSA) is 111 Å². The van der Waals surface area contributed by atoms with Gasteiger partial charge in [-0.2, -0.15) is 0 Å². The van der Waals surface area contributed by atoms with Gasteiger partial charge in [0, 0.05) is 12.8 Å².